The maximum Gasteiger partial charge on any atom is 0.169 e. The Balaban J connectivity index is 2.01. The van der Waals surface area contributed by atoms with E-state index >= 15 is 0 Å². The van der Waals surface area contributed by atoms with Gasteiger partial charge in [-0.1, -0.05) is 6.42 Å². The number of rotatable bonds is 2. The second kappa shape index (κ2) is 2.64. The summed E-state index contributed by atoms with van der Waals surface area (Å²) < 4.78 is 6.52. The van der Waals surface area contributed by atoms with Crippen LogP contribution in [0.5, 0.6) is 0 Å². The van der Waals surface area contributed by atoms with Crippen LogP contribution in [0.3, 0.4) is 0 Å². The number of nitrogens with two attached hydrogens (primary N) is 1. The summed E-state index contributed by atoms with van der Waals surface area (Å²) >= 11 is 3.36. The van der Waals surface area contributed by atoms with Crippen molar-refractivity contribution in [2.24, 2.45) is 5.73 Å². The molecular weight excluding hydrogens is 242 g/mol. The standard InChI is InChI=1S/C11H14BrNO/c12-9-3-2-8(14-9)10(4-1-5-10)11(13)6-7-11/h2-3H,1,4-7,13H2. The van der Waals surface area contributed by atoms with Gasteiger partial charge in [0, 0.05) is 11.0 Å². The summed E-state index contributed by atoms with van der Waals surface area (Å²) in [4.78, 5) is 0. The molecule has 76 valence electrons. The molecule has 2 nitrogen and oxygen atoms in total. The van der Waals surface area contributed by atoms with Crippen molar-refractivity contribution in [2.75, 3.05) is 0 Å². The maximum absolute atomic E-state index is 6.35. The van der Waals surface area contributed by atoms with Gasteiger partial charge < -0.3 is 10.2 Å². The molecule has 0 spiro atoms. The van der Waals surface area contributed by atoms with Gasteiger partial charge in [-0.05, 0) is 53.7 Å². The van der Waals surface area contributed by atoms with Crippen LogP contribution in [-0.2, 0) is 5.41 Å². The van der Waals surface area contributed by atoms with Crippen LogP contribution in [0.1, 0.15) is 37.9 Å². The lowest BCUT2D eigenvalue weighted by atomic mass is 9.61. The van der Waals surface area contributed by atoms with E-state index in [4.69, 9.17) is 10.2 Å². The molecule has 0 unspecified atom stereocenters. The highest BCUT2D eigenvalue weighted by molar-refractivity contribution is 9.10. The van der Waals surface area contributed by atoms with Gasteiger partial charge in [0.25, 0.3) is 0 Å². The van der Waals surface area contributed by atoms with Crippen LogP contribution >= 0.6 is 15.9 Å². The Labute approximate surface area is 92.0 Å². The molecule has 3 rings (SSSR count). The van der Waals surface area contributed by atoms with Gasteiger partial charge in [0.05, 0.1) is 0 Å². The zero-order valence-electron chi connectivity index (χ0n) is 8.05. The fourth-order valence-corrected chi connectivity index (χ4v) is 3.01. The SMILES string of the molecule is NC1(C2(c3ccc(Br)o3)CCC2)CC1. The van der Waals surface area contributed by atoms with Crippen molar-refractivity contribution < 1.29 is 4.42 Å². The fraction of sp³-hybridized carbons (Fsp3) is 0.636. The van der Waals surface area contributed by atoms with Crippen molar-refractivity contribution in [1.82, 2.24) is 0 Å². The molecule has 2 aliphatic carbocycles. The largest absolute Gasteiger partial charge is 0.454 e. The lowest BCUT2D eigenvalue weighted by molar-refractivity contribution is 0.145. The monoisotopic (exact) mass is 255 g/mol. The van der Waals surface area contributed by atoms with Gasteiger partial charge in [-0.15, -0.1) is 0 Å². The lowest BCUT2D eigenvalue weighted by Crippen LogP contribution is -2.52. The van der Waals surface area contributed by atoms with Gasteiger partial charge in [-0.3, -0.25) is 0 Å². The van der Waals surface area contributed by atoms with Gasteiger partial charge in [0.1, 0.15) is 5.76 Å². The topological polar surface area (TPSA) is 39.2 Å². The Hall–Kier alpha value is -0.280. The van der Waals surface area contributed by atoms with Gasteiger partial charge in [0.2, 0.25) is 0 Å². The number of hydrogen-bond acceptors (Lipinski definition) is 2. The van der Waals surface area contributed by atoms with E-state index in [1.54, 1.807) is 0 Å². The summed E-state index contributed by atoms with van der Waals surface area (Å²) in [5, 5.41) is 0. The molecule has 3 heteroatoms. The van der Waals surface area contributed by atoms with Gasteiger partial charge in [-0.2, -0.15) is 0 Å². The van der Waals surface area contributed by atoms with Crippen LogP contribution in [0.25, 0.3) is 0 Å². The zero-order valence-corrected chi connectivity index (χ0v) is 9.64. The summed E-state index contributed by atoms with van der Waals surface area (Å²) in [6.45, 7) is 0. The third-order valence-corrected chi connectivity index (χ3v) is 4.42. The Morgan fingerprint density at radius 3 is 2.29 bits per heavy atom. The second-order valence-electron chi connectivity index (χ2n) is 4.70. The first kappa shape index (κ1) is 8.98. The molecule has 1 aromatic heterocycles. The number of furan rings is 1. The summed E-state index contributed by atoms with van der Waals surface area (Å²) in [5.41, 5.74) is 6.56. The smallest absolute Gasteiger partial charge is 0.169 e. The molecule has 2 saturated carbocycles. The number of halogens is 1. The van der Waals surface area contributed by atoms with E-state index in [1.807, 2.05) is 6.07 Å². The Morgan fingerprint density at radius 2 is 1.93 bits per heavy atom. The fourth-order valence-electron chi connectivity index (χ4n) is 2.70. The Bertz CT molecular complexity index is 363. The predicted molar refractivity (Wildman–Crippen MR) is 58.1 cm³/mol. The van der Waals surface area contributed by atoms with Crippen LogP contribution in [0.2, 0.25) is 0 Å². The Kier molecular flexibility index (Phi) is 1.69. The molecule has 0 saturated heterocycles. The zero-order chi connectivity index (χ0) is 9.81. The quantitative estimate of drug-likeness (QED) is 0.883. The van der Waals surface area contributed by atoms with Gasteiger partial charge in [0.15, 0.2) is 4.67 Å². The summed E-state index contributed by atoms with van der Waals surface area (Å²) in [6, 6.07) is 4.05. The molecule has 0 aromatic carbocycles. The van der Waals surface area contributed by atoms with Crippen LogP contribution < -0.4 is 5.73 Å². The van der Waals surface area contributed by atoms with Crippen LogP contribution in [0, 0.1) is 0 Å². The average molecular weight is 256 g/mol. The van der Waals surface area contributed by atoms with Crippen LogP contribution in [-0.4, -0.2) is 5.54 Å². The third kappa shape index (κ3) is 0.999. The van der Waals surface area contributed by atoms with Crippen molar-refractivity contribution in [1.29, 1.82) is 0 Å². The van der Waals surface area contributed by atoms with Gasteiger partial charge >= 0.3 is 0 Å². The molecule has 2 N–H and O–H groups in total. The van der Waals surface area contributed by atoms with E-state index in [0.717, 1.165) is 23.3 Å². The van der Waals surface area contributed by atoms with Crippen LogP contribution in [0.4, 0.5) is 0 Å². The average Bonchev–Trinajstić information content (AvgIpc) is 2.63. The predicted octanol–water partition coefficient (Wildman–Crippen LogP) is 2.96. The molecular formula is C11H14BrNO. The minimum absolute atomic E-state index is 0.0442. The van der Waals surface area contributed by atoms with Crippen molar-refractivity contribution >= 4 is 15.9 Å². The van der Waals surface area contributed by atoms with Crippen molar-refractivity contribution in [3.8, 4) is 0 Å². The highest BCUT2D eigenvalue weighted by Crippen LogP contribution is 2.60. The Morgan fingerprint density at radius 1 is 1.21 bits per heavy atom. The first-order valence-corrected chi connectivity index (χ1v) is 6.00. The van der Waals surface area contributed by atoms with Crippen molar-refractivity contribution in [3.05, 3.63) is 22.6 Å². The summed E-state index contributed by atoms with van der Waals surface area (Å²) in [6.07, 6.45) is 6.00. The summed E-state index contributed by atoms with van der Waals surface area (Å²) in [5.74, 6) is 1.09. The van der Waals surface area contributed by atoms with E-state index < -0.39 is 0 Å². The first-order valence-electron chi connectivity index (χ1n) is 5.21. The first-order chi connectivity index (χ1) is 6.66. The second-order valence-corrected chi connectivity index (χ2v) is 5.48. The molecule has 0 bridgehead atoms. The molecule has 0 atom stereocenters. The van der Waals surface area contributed by atoms with E-state index in [2.05, 4.69) is 22.0 Å². The molecule has 2 fully saturated rings. The highest BCUT2D eigenvalue weighted by Gasteiger charge is 2.61. The van der Waals surface area contributed by atoms with E-state index in [9.17, 15) is 0 Å². The minimum Gasteiger partial charge on any atom is -0.454 e. The molecule has 14 heavy (non-hydrogen) atoms. The van der Waals surface area contributed by atoms with E-state index in [0.29, 0.717) is 0 Å². The highest BCUT2D eigenvalue weighted by atomic mass is 79.9. The van der Waals surface area contributed by atoms with E-state index in [-0.39, 0.29) is 11.0 Å². The minimum atomic E-state index is 0.0442. The van der Waals surface area contributed by atoms with E-state index in [1.165, 1.54) is 19.3 Å². The molecule has 0 amide bonds. The molecule has 1 aromatic rings. The maximum atomic E-state index is 6.35. The van der Waals surface area contributed by atoms with Gasteiger partial charge in [-0.25, -0.2) is 0 Å². The third-order valence-electron chi connectivity index (χ3n) is 3.99. The lowest BCUT2D eigenvalue weighted by Gasteiger charge is -2.45. The summed E-state index contributed by atoms with van der Waals surface area (Å²) in [7, 11) is 0. The normalized spacial score (nSPS) is 27.0. The van der Waals surface area contributed by atoms with Crippen molar-refractivity contribution in [2.45, 2.75) is 43.1 Å². The molecule has 0 radical (unpaired) electrons. The molecule has 0 aliphatic heterocycles. The molecule has 2 aliphatic rings. The van der Waals surface area contributed by atoms with Crippen LogP contribution in [0.15, 0.2) is 21.2 Å². The molecule has 1 heterocycles. The number of hydrogen-bond donors (Lipinski definition) is 1. The van der Waals surface area contributed by atoms with Crippen molar-refractivity contribution in [3.63, 3.8) is 0 Å².